The van der Waals surface area contributed by atoms with Crippen molar-refractivity contribution in [3.05, 3.63) is 35.4 Å². The Bertz CT molecular complexity index is 402. The van der Waals surface area contributed by atoms with E-state index in [4.69, 9.17) is 5.73 Å². The Hall–Kier alpha value is -0.830. The minimum atomic E-state index is 0. The molecule has 3 heteroatoms. The van der Waals surface area contributed by atoms with Crippen molar-refractivity contribution < 1.29 is 21.6 Å². The number of benzene rings is 1. The summed E-state index contributed by atoms with van der Waals surface area (Å²) in [4.78, 5) is 0. The van der Waals surface area contributed by atoms with Gasteiger partial charge in [0.05, 0.1) is 11.1 Å². The average molecular weight is 269 g/mol. The SMILES string of the molecule is CC(C)(C)[N+]1=C(N)c2ccccc2C1.[Br-]. The number of hydrogen-bond donors (Lipinski definition) is 1. The summed E-state index contributed by atoms with van der Waals surface area (Å²) >= 11 is 0. The van der Waals surface area contributed by atoms with Crippen LogP contribution >= 0.6 is 0 Å². The van der Waals surface area contributed by atoms with Crippen LogP contribution in [0, 0.1) is 0 Å². The molecule has 82 valence electrons. The smallest absolute Gasteiger partial charge is 0.276 e. The van der Waals surface area contributed by atoms with Crippen LogP contribution in [0.3, 0.4) is 0 Å². The summed E-state index contributed by atoms with van der Waals surface area (Å²) in [6.45, 7) is 7.49. The van der Waals surface area contributed by atoms with Crippen molar-refractivity contribution in [1.29, 1.82) is 0 Å². The zero-order chi connectivity index (χ0) is 10.3. The Kier molecular flexibility index (Phi) is 3.24. The van der Waals surface area contributed by atoms with Crippen molar-refractivity contribution in [2.45, 2.75) is 32.9 Å². The fraction of sp³-hybridized carbons (Fsp3) is 0.417. The molecule has 1 aromatic rings. The van der Waals surface area contributed by atoms with Crippen LogP contribution in [0.5, 0.6) is 0 Å². The highest BCUT2D eigenvalue weighted by atomic mass is 79.9. The van der Waals surface area contributed by atoms with Gasteiger partial charge in [-0.15, -0.1) is 0 Å². The summed E-state index contributed by atoms with van der Waals surface area (Å²) in [5.41, 5.74) is 8.75. The topological polar surface area (TPSA) is 29.0 Å². The Morgan fingerprint density at radius 3 is 2.33 bits per heavy atom. The maximum Gasteiger partial charge on any atom is 0.276 e. The molecular weight excluding hydrogens is 252 g/mol. The van der Waals surface area contributed by atoms with Crippen molar-refractivity contribution in [3.8, 4) is 0 Å². The van der Waals surface area contributed by atoms with E-state index in [0.717, 1.165) is 12.4 Å². The lowest BCUT2D eigenvalue weighted by molar-refractivity contribution is -0.607. The highest BCUT2D eigenvalue weighted by molar-refractivity contribution is 5.96. The molecule has 0 saturated carbocycles. The molecule has 2 rings (SSSR count). The van der Waals surface area contributed by atoms with Gasteiger partial charge in [-0.05, 0) is 26.8 Å². The van der Waals surface area contributed by atoms with Gasteiger partial charge in [0.15, 0.2) is 0 Å². The number of nitrogens with zero attached hydrogens (tertiary/aromatic N) is 1. The number of hydrogen-bond acceptors (Lipinski definition) is 1. The van der Waals surface area contributed by atoms with E-state index in [1.807, 2.05) is 6.07 Å². The molecule has 0 aromatic heterocycles. The summed E-state index contributed by atoms with van der Waals surface area (Å²) in [5, 5.41) is 0. The molecule has 15 heavy (non-hydrogen) atoms. The van der Waals surface area contributed by atoms with E-state index in [9.17, 15) is 0 Å². The van der Waals surface area contributed by atoms with Crippen LogP contribution < -0.4 is 22.7 Å². The van der Waals surface area contributed by atoms with Gasteiger partial charge in [-0.3, -0.25) is 10.3 Å². The van der Waals surface area contributed by atoms with E-state index in [1.54, 1.807) is 0 Å². The van der Waals surface area contributed by atoms with Crippen LogP contribution in [0.4, 0.5) is 0 Å². The third kappa shape index (κ3) is 2.07. The van der Waals surface area contributed by atoms with Gasteiger partial charge in [0.1, 0.15) is 6.54 Å². The highest BCUT2D eigenvalue weighted by Gasteiger charge is 2.31. The maximum absolute atomic E-state index is 6.12. The minimum absolute atomic E-state index is 0. The number of fused-ring (bicyclic) bond motifs is 1. The summed E-state index contributed by atoms with van der Waals surface area (Å²) in [6.07, 6.45) is 0. The third-order valence-electron chi connectivity index (χ3n) is 2.72. The lowest BCUT2D eigenvalue weighted by Gasteiger charge is -2.19. The molecule has 0 atom stereocenters. The summed E-state index contributed by atoms with van der Waals surface area (Å²) in [6, 6.07) is 8.35. The van der Waals surface area contributed by atoms with Crippen LogP contribution in [0.25, 0.3) is 0 Å². The van der Waals surface area contributed by atoms with E-state index in [1.165, 1.54) is 11.1 Å². The van der Waals surface area contributed by atoms with Gasteiger partial charge >= 0.3 is 0 Å². The maximum atomic E-state index is 6.12. The molecule has 1 aromatic carbocycles. The molecule has 0 bridgehead atoms. The van der Waals surface area contributed by atoms with Crippen LogP contribution in [0.2, 0.25) is 0 Å². The Morgan fingerprint density at radius 2 is 1.80 bits per heavy atom. The Morgan fingerprint density at radius 1 is 1.20 bits per heavy atom. The zero-order valence-electron chi connectivity index (χ0n) is 9.42. The molecule has 2 N–H and O–H groups in total. The lowest BCUT2D eigenvalue weighted by atomic mass is 10.1. The normalized spacial score (nSPS) is 14.9. The number of nitrogens with two attached hydrogens (primary N) is 1. The van der Waals surface area contributed by atoms with Gasteiger partial charge in [-0.25, -0.2) is 0 Å². The third-order valence-corrected chi connectivity index (χ3v) is 2.72. The van der Waals surface area contributed by atoms with E-state index >= 15 is 0 Å². The van der Waals surface area contributed by atoms with Crippen molar-refractivity contribution in [2.75, 3.05) is 0 Å². The molecule has 0 saturated heterocycles. The standard InChI is InChI=1S/C12H16N2.BrH/c1-12(2,3)14-8-9-6-4-5-7-10(9)11(14)13;/h4-7,13H,8H2,1-3H3;1H. The average Bonchev–Trinajstić information content (AvgIpc) is 2.44. The zero-order valence-corrected chi connectivity index (χ0v) is 11.0. The molecule has 1 aliphatic heterocycles. The predicted molar refractivity (Wildman–Crippen MR) is 58.5 cm³/mol. The molecular formula is C12H17BrN2. The van der Waals surface area contributed by atoms with E-state index < -0.39 is 0 Å². The second-order valence-electron chi connectivity index (χ2n) is 4.80. The van der Waals surface area contributed by atoms with Gasteiger partial charge in [0, 0.05) is 5.56 Å². The fourth-order valence-corrected chi connectivity index (χ4v) is 1.91. The van der Waals surface area contributed by atoms with Crippen molar-refractivity contribution in [2.24, 2.45) is 5.73 Å². The van der Waals surface area contributed by atoms with E-state index in [2.05, 4.69) is 43.5 Å². The van der Waals surface area contributed by atoms with Gasteiger partial charge in [0.25, 0.3) is 5.84 Å². The van der Waals surface area contributed by atoms with Gasteiger partial charge < -0.3 is 17.0 Å². The minimum Gasteiger partial charge on any atom is -1.00 e. The van der Waals surface area contributed by atoms with Crippen molar-refractivity contribution >= 4 is 5.84 Å². The van der Waals surface area contributed by atoms with Crippen LogP contribution in [-0.4, -0.2) is 16.0 Å². The molecule has 0 amide bonds. The molecule has 1 aliphatic rings. The van der Waals surface area contributed by atoms with E-state index in [-0.39, 0.29) is 22.5 Å². The van der Waals surface area contributed by atoms with Crippen molar-refractivity contribution in [3.63, 3.8) is 0 Å². The van der Waals surface area contributed by atoms with Crippen LogP contribution in [0.1, 0.15) is 31.9 Å². The first kappa shape index (κ1) is 12.2. The molecule has 1 heterocycles. The van der Waals surface area contributed by atoms with E-state index in [0.29, 0.717) is 0 Å². The first-order valence-corrected chi connectivity index (χ1v) is 4.98. The monoisotopic (exact) mass is 268 g/mol. The Balaban J connectivity index is 0.00000112. The largest absolute Gasteiger partial charge is 1.00 e. The molecule has 0 aliphatic carbocycles. The molecule has 2 nitrogen and oxygen atoms in total. The lowest BCUT2D eigenvalue weighted by Crippen LogP contribution is -3.00. The molecule has 0 unspecified atom stereocenters. The number of amidine groups is 1. The van der Waals surface area contributed by atoms with Crippen LogP contribution in [-0.2, 0) is 6.54 Å². The second-order valence-corrected chi connectivity index (χ2v) is 4.80. The first-order chi connectivity index (χ1) is 6.50. The predicted octanol–water partition coefficient (Wildman–Crippen LogP) is -1.28. The summed E-state index contributed by atoms with van der Waals surface area (Å²) < 4.78 is 2.25. The molecule has 0 radical (unpaired) electrons. The number of halogens is 1. The second kappa shape index (κ2) is 3.97. The quantitative estimate of drug-likeness (QED) is 0.584. The van der Waals surface area contributed by atoms with Gasteiger partial charge in [-0.1, -0.05) is 18.2 Å². The van der Waals surface area contributed by atoms with Gasteiger partial charge in [-0.2, -0.15) is 0 Å². The van der Waals surface area contributed by atoms with Gasteiger partial charge in [0.2, 0.25) is 0 Å². The molecule has 0 spiro atoms. The van der Waals surface area contributed by atoms with Crippen molar-refractivity contribution in [1.82, 2.24) is 0 Å². The summed E-state index contributed by atoms with van der Waals surface area (Å²) in [5.74, 6) is 0.910. The number of rotatable bonds is 0. The summed E-state index contributed by atoms with van der Waals surface area (Å²) in [7, 11) is 0. The highest BCUT2D eigenvalue weighted by Crippen LogP contribution is 2.21. The fourth-order valence-electron chi connectivity index (χ4n) is 1.91. The first-order valence-electron chi connectivity index (χ1n) is 4.98. The Labute approximate surface area is 102 Å². The molecule has 0 fully saturated rings. The van der Waals surface area contributed by atoms with Crippen LogP contribution in [0.15, 0.2) is 24.3 Å².